The average Bonchev–Trinajstić information content (AvgIpc) is 3.32. The van der Waals surface area contributed by atoms with Gasteiger partial charge in [0, 0.05) is 23.8 Å². The van der Waals surface area contributed by atoms with Gasteiger partial charge in [0.25, 0.3) is 0 Å². The molecule has 2 aliphatic rings. The largest absolute Gasteiger partial charge is 0.344 e. The van der Waals surface area contributed by atoms with Crippen molar-refractivity contribution in [2.45, 2.75) is 19.3 Å². The lowest BCUT2D eigenvalue weighted by Crippen LogP contribution is -2.14. The van der Waals surface area contributed by atoms with Crippen molar-refractivity contribution in [2.75, 3.05) is 11.9 Å². The van der Waals surface area contributed by atoms with Crippen LogP contribution in [0.15, 0.2) is 158 Å². The van der Waals surface area contributed by atoms with Gasteiger partial charge in [-0.2, -0.15) is 0 Å². The van der Waals surface area contributed by atoms with E-state index in [4.69, 9.17) is 0 Å². The smallest absolute Gasteiger partial charge is 0.0488 e. The molecule has 0 saturated carbocycles. The highest BCUT2D eigenvalue weighted by Gasteiger charge is 2.37. The van der Waals surface area contributed by atoms with Crippen molar-refractivity contribution >= 4 is 45.1 Å². The molecule has 0 aromatic heterocycles. The second-order valence-corrected chi connectivity index (χ2v) is 14.5. The first-order chi connectivity index (χ1) is 25.0. The van der Waals surface area contributed by atoms with E-state index in [1.807, 2.05) is 0 Å². The van der Waals surface area contributed by atoms with Gasteiger partial charge in [-0.25, -0.2) is 0 Å². The fourth-order valence-corrected chi connectivity index (χ4v) is 8.93. The quantitative estimate of drug-likeness (QED) is 0.172. The van der Waals surface area contributed by atoms with E-state index in [9.17, 15) is 0 Å². The van der Waals surface area contributed by atoms with Crippen molar-refractivity contribution < 1.29 is 0 Å². The molecule has 0 fully saturated rings. The highest BCUT2D eigenvalue weighted by molar-refractivity contribution is 6.23. The van der Waals surface area contributed by atoms with Crippen molar-refractivity contribution in [3.63, 3.8) is 0 Å². The molecule has 0 radical (unpaired) electrons. The van der Waals surface area contributed by atoms with Gasteiger partial charge >= 0.3 is 0 Å². The van der Waals surface area contributed by atoms with Gasteiger partial charge in [0.15, 0.2) is 0 Å². The van der Waals surface area contributed by atoms with Crippen molar-refractivity contribution in [1.82, 2.24) is 0 Å². The Morgan fingerprint density at radius 2 is 1.02 bits per heavy atom. The standard InChI is InChI=1S/C50H37N/c1-50(2)43-21-11-10-19-40(43)49-41(20-13-22-44(49)50)48-38-18-9-8-17-37(38)47(39-29-28-35(30-42(39)48)32-14-5-4-6-15-32)36-27-26-34-25-24-33-16-7-12-23-45(33)51(3)46(34)31-36/h4-31H,1-3H3. The van der Waals surface area contributed by atoms with Crippen LogP contribution in [0.4, 0.5) is 11.4 Å². The van der Waals surface area contributed by atoms with E-state index in [2.05, 4.69) is 196 Å². The molecule has 1 aliphatic heterocycles. The molecule has 0 N–H and O–H groups in total. The van der Waals surface area contributed by atoms with Crippen LogP contribution in [0, 0.1) is 0 Å². The molecule has 10 rings (SSSR count). The third-order valence-electron chi connectivity index (χ3n) is 11.4. The first-order valence-electron chi connectivity index (χ1n) is 17.9. The van der Waals surface area contributed by atoms with Crippen LogP contribution < -0.4 is 4.90 Å². The summed E-state index contributed by atoms with van der Waals surface area (Å²) in [6.07, 6.45) is 4.49. The molecule has 1 heterocycles. The summed E-state index contributed by atoms with van der Waals surface area (Å²) in [5, 5.41) is 5.07. The summed E-state index contributed by atoms with van der Waals surface area (Å²) >= 11 is 0. The van der Waals surface area contributed by atoms with E-state index in [0.717, 1.165) is 0 Å². The number of fused-ring (bicyclic) bond motifs is 7. The SMILES string of the molecule is CN1c2ccccc2C=Cc2ccc(-c3c4ccccc4c(-c4cccc5c4-c4ccccc4C5(C)C)c4cc(-c5ccccc5)ccc34)cc21. The minimum atomic E-state index is -0.0797. The van der Waals surface area contributed by atoms with Crippen LogP contribution in [0.5, 0.6) is 0 Å². The second kappa shape index (κ2) is 11.2. The van der Waals surface area contributed by atoms with Gasteiger partial charge in [0.1, 0.15) is 0 Å². The lowest BCUT2D eigenvalue weighted by molar-refractivity contribution is 0.660. The van der Waals surface area contributed by atoms with Crippen molar-refractivity contribution in [1.29, 1.82) is 0 Å². The fourth-order valence-electron chi connectivity index (χ4n) is 8.93. The van der Waals surface area contributed by atoms with E-state index in [-0.39, 0.29) is 5.41 Å². The van der Waals surface area contributed by atoms with Crippen LogP contribution in [0.1, 0.15) is 36.1 Å². The zero-order valence-electron chi connectivity index (χ0n) is 29.1. The Bertz CT molecular complexity index is 2730. The predicted octanol–water partition coefficient (Wildman–Crippen LogP) is 13.6. The normalized spacial score (nSPS) is 13.8. The van der Waals surface area contributed by atoms with E-state index < -0.39 is 0 Å². The average molecular weight is 652 g/mol. The molecule has 0 saturated heterocycles. The summed E-state index contributed by atoms with van der Waals surface area (Å²) in [4.78, 5) is 2.34. The molecule has 8 aromatic carbocycles. The topological polar surface area (TPSA) is 3.24 Å². The lowest BCUT2D eigenvalue weighted by Gasteiger charge is -2.24. The Labute approximate surface area is 299 Å². The minimum absolute atomic E-state index is 0.0797. The van der Waals surface area contributed by atoms with Crippen molar-refractivity contribution in [2.24, 2.45) is 0 Å². The molecule has 242 valence electrons. The Kier molecular flexibility index (Phi) is 6.51. The molecule has 1 nitrogen and oxygen atoms in total. The van der Waals surface area contributed by atoms with E-state index >= 15 is 0 Å². The molecule has 0 bridgehead atoms. The van der Waals surface area contributed by atoms with Gasteiger partial charge in [-0.05, 0) is 107 Å². The third kappa shape index (κ3) is 4.41. The van der Waals surface area contributed by atoms with Gasteiger partial charge in [0.05, 0.1) is 0 Å². The Morgan fingerprint density at radius 1 is 0.392 bits per heavy atom. The lowest BCUT2D eigenvalue weighted by atomic mass is 9.80. The molecule has 0 amide bonds. The highest BCUT2D eigenvalue weighted by atomic mass is 15.1. The van der Waals surface area contributed by atoms with E-state index in [1.165, 1.54) is 99.7 Å². The third-order valence-corrected chi connectivity index (χ3v) is 11.4. The molecular formula is C50H37N. The molecule has 8 aromatic rings. The Hall–Kier alpha value is -6.18. The number of benzene rings is 8. The molecule has 0 atom stereocenters. The van der Waals surface area contributed by atoms with Crippen molar-refractivity contribution in [3.05, 3.63) is 180 Å². The van der Waals surface area contributed by atoms with Gasteiger partial charge < -0.3 is 4.90 Å². The highest BCUT2D eigenvalue weighted by Crippen LogP contribution is 2.55. The number of nitrogens with zero attached hydrogens (tertiary/aromatic N) is 1. The monoisotopic (exact) mass is 651 g/mol. The molecule has 1 aliphatic carbocycles. The number of hydrogen-bond donors (Lipinski definition) is 0. The number of anilines is 2. The maximum Gasteiger partial charge on any atom is 0.0488 e. The molecule has 0 spiro atoms. The van der Waals surface area contributed by atoms with Gasteiger partial charge in [-0.3, -0.25) is 0 Å². The van der Waals surface area contributed by atoms with Crippen LogP contribution >= 0.6 is 0 Å². The Balaban J connectivity index is 1.31. The molecule has 0 unspecified atom stereocenters. The fraction of sp³-hybridized carbons (Fsp3) is 0.0800. The summed E-state index contributed by atoms with van der Waals surface area (Å²) in [7, 11) is 2.19. The maximum atomic E-state index is 2.44. The zero-order valence-corrected chi connectivity index (χ0v) is 29.1. The van der Waals surface area contributed by atoms with Gasteiger partial charge in [-0.15, -0.1) is 0 Å². The molecular weight excluding hydrogens is 615 g/mol. The first kappa shape index (κ1) is 29.7. The van der Waals surface area contributed by atoms with Gasteiger partial charge in [-0.1, -0.05) is 166 Å². The van der Waals surface area contributed by atoms with E-state index in [0.29, 0.717) is 0 Å². The Morgan fingerprint density at radius 3 is 1.86 bits per heavy atom. The summed E-state index contributed by atoms with van der Waals surface area (Å²) in [6.45, 7) is 4.74. The van der Waals surface area contributed by atoms with Crippen molar-refractivity contribution in [3.8, 4) is 44.5 Å². The summed E-state index contributed by atoms with van der Waals surface area (Å²) in [5.74, 6) is 0. The maximum absolute atomic E-state index is 2.44. The van der Waals surface area contributed by atoms with Crippen LogP contribution in [-0.4, -0.2) is 7.05 Å². The van der Waals surface area contributed by atoms with Crippen LogP contribution in [0.3, 0.4) is 0 Å². The summed E-state index contributed by atoms with van der Waals surface area (Å²) < 4.78 is 0. The summed E-state index contributed by atoms with van der Waals surface area (Å²) in [6, 6.07) is 58.6. The minimum Gasteiger partial charge on any atom is -0.344 e. The van der Waals surface area contributed by atoms with Crippen LogP contribution in [0.25, 0.3) is 78.2 Å². The van der Waals surface area contributed by atoms with Gasteiger partial charge in [0.2, 0.25) is 0 Å². The molecule has 51 heavy (non-hydrogen) atoms. The first-order valence-corrected chi connectivity index (χ1v) is 17.9. The number of rotatable bonds is 3. The predicted molar refractivity (Wildman–Crippen MR) is 219 cm³/mol. The zero-order chi connectivity index (χ0) is 34.3. The second-order valence-electron chi connectivity index (χ2n) is 14.5. The van der Waals surface area contributed by atoms with Crippen LogP contribution in [-0.2, 0) is 5.41 Å². The van der Waals surface area contributed by atoms with Crippen LogP contribution in [0.2, 0.25) is 0 Å². The van der Waals surface area contributed by atoms with E-state index in [1.54, 1.807) is 0 Å². The summed E-state index contributed by atoms with van der Waals surface area (Å²) in [5.41, 5.74) is 17.8. The number of para-hydroxylation sites is 1. The number of hydrogen-bond acceptors (Lipinski definition) is 1. The molecule has 1 heteroatoms.